The number of carbonyl (C=O) groups is 1. The van der Waals surface area contributed by atoms with E-state index in [2.05, 4.69) is 54.5 Å². The minimum atomic E-state index is -1.90. The number of ether oxygens (including phenoxy) is 10. The van der Waals surface area contributed by atoms with Gasteiger partial charge >= 0.3 is 5.97 Å². The van der Waals surface area contributed by atoms with Crippen molar-refractivity contribution in [3.8, 4) is 0 Å². The van der Waals surface area contributed by atoms with Crippen molar-refractivity contribution in [2.75, 3.05) is 33.0 Å². The minimum Gasteiger partial charge on any atom is -0.432 e. The number of fused-ring (bicyclic) bond motifs is 7. The first-order chi connectivity index (χ1) is 40.3. The van der Waals surface area contributed by atoms with E-state index in [9.17, 15) is 81.7 Å². The highest BCUT2D eigenvalue weighted by atomic mass is 16.8. The van der Waals surface area contributed by atoms with Crippen molar-refractivity contribution in [3.63, 3.8) is 0 Å². The molecule has 27 nitrogen and oxygen atoms in total. The predicted octanol–water partition coefficient (Wildman–Crippen LogP) is -3.57. The van der Waals surface area contributed by atoms with Gasteiger partial charge in [-0.25, -0.2) is 0 Å². The number of esters is 1. The molecule has 16 N–H and O–H groups in total. The maximum Gasteiger partial charge on any atom is 0.315 e. The topological polar surface area (TPSA) is 433 Å². The van der Waals surface area contributed by atoms with Crippen molar-refractivity contribution in [1.29, 1.82) is 0 Å². The van der Waals surface area contributed by atoms with E-state index in [4.69, 9.17) is 47.4 Å². The van der Waals surface area contributed by atoms with E-state index in [1.165, 1.54) is 5.57 Å². The van der Waals surface area contributed by atoms with Crippen LogP contribution in [0.3, 0.4) is 0 Å². The molecule has 0 aromatic heterocycles. The SMILES string of the molecule is CC1(C)CC[C@]2(C(=O)O[C@@H]3O[C@H](CO[C@@H]4O[C@H](CO)[C@@H](O)[C@H](O)[C@H]4O)[C@@H](O)[C@H](O)[C@H]3O)CC[C@]3(C)C(=CC[C@@H]4[C@@]5(C)CC[C@H](O[C@@H]6OC[C@H](O)[C@H](O[C@@H]7O[C@H](CO)[C@@H](O)[C@H](O)[C@H]7O)[C@H]6O[C@@H]6O[C@H](CO)[C@@H](O)[C@H](O)[C@H]6O)C(C)(C)[C@H]5CC[C@]43C)[C@H]2C1. The number of allylic oxidation sites excluding steroid dienone is 2. The normalized spacial score (nSPS) is 53.6. The monoisotopic (exact) mass is 1240 g/mol. The Morgan fingerprint density at radius 1 is 0.523 bits per heavy atom. The van der Waals surface area contributed by atoms with Crippen LogP contribution in [-0.4, -0.2) is 274 Å². The molecular weight excluding hydrogens is 1140 g/mol. The second kappa shape index (κ2) is 24.9. The molecule has 32 atom stereocenters. The van der Waals surface area contributed by atoms with E-state index in [0.717, 1.165) is 12.8 Å². The molecule has 0 aromatic rings. The van der Waals surface area contributed by atoms with Crippen LogP contribution in [0.1, 0.15) is 113 Å². The molecule has 27 heteroatoms. The van der Waals surface area contributed by atoms with E-state index >= 15 is 4.79 Å². The zero-order valence-electron chi connectivity index (χ0n) is 50.0. The molecule has 0 unspecified atom stereocenters. The first-order valence-electron chi connectivity index (χ1n) is 30.7. The van der Waals surface area contributed by atoms with Crippen LogP contribution in [0.25, 0.3) is 0 Å². The first-order valence-corrected chi connectivity index (χ1v) is 30.7. The number of rotatable bonds is 14. The highest BCUT2D eigenvalue weighted by Gasteiger charge is 2.70. The van der Waals surface area contributed by atoms with Crippen LogP contribution in [-0.2, 0) is 52.2 Å². The average molecular weight is 1240 g/mol. The third kappa shape index (κ3) is 11.3. The Balaban J connectivity index is 0.877. The van der Waals surface area contributed by atoms with Gasteiger partial charge in [0.1, 0.15) is 116 Å². The standard InChI is InChI=1S/C59H96O27/c1-54(2)14-16-59(53(76)86-51-45(75)41(71)37(67)30(82-51)23-78-48-42(72)38(68)34(64)27(19-60)79-48)17-15-57(6)24(25(59)18-54)8-9-32-56(5)12-11-33(55(3,4)31(56)10-13-58(32,57)7)83-52-47(85-50-44(74)40(70)36(66)29(21-62)81-50)46(26(63)22-77-52)84-49-43(73)39(69)35(65)28(20-61)80-49/h8,25-52,60-75H,9-23H2,1-7H3/t25-,26+,27-,28-,29-,30-,31-,32-,33+,34-,35-,36-,37-,38+,39+,40+,41+,42-,43-,44-,45-,46+,47-,48-,49+,50+,51+,52+,56+,57-,58-,59+/m1/s1. The van der Waals surface area contributed by atoms with Crippen molar-refractivity contribution >= 4 is 5.97 Å². The third-order valence-electron chi connectivity index (χ3n) is 23.1. The number of hydrogen-bond acceptors (Lipinski definition) is 27. The van der Waals surface area contributed by atoms with Gasteiger partial charge in [-0.2, -0.15) is 0 Å². The number of aliphatic hydroxyl groups is 16. The third-order valence-corrected chi connectivity index (χ3v) is 23.1. The summed E-state index contributed by atoms with van der Waals surface area (Å²) in [6.07, 6.45) is -31.7. The summed E-state index contributed by atoms with van der Waals surface area (Å²) in [5.74, 6) is -0.670. The number of hydrogen-bond donors (Lipinski definition) is 16. The zero-order chi connectivity index (χ0) is 62.7. The summed E-state index contributed by atoms with van der Waals surface area (Å²) in [4.78, 5) is 15.2. The Morgan fingerprint density at radius 2 is 1.02 bits per heavy atom. The number of aliphatic hydroxyl groups excluding tert-OH is 16. The molecular formula is C59H96O27. The molecule has 10 rings (SSSR count). The van der Waals surface area contributed by atoms with Crippen LogP contribution in [0, 0.1) is 50.2 Å². The summed E-state index contributed by atoms with van der Waals surface area (Å²) in [6.45, 7) is 12.5. The summed E-state index contributed by atoms with van der Waals surface area (Å²) >= 11 is 0. The van der Waals surface area contributed by atoms with E-state index in [0.29, 0.717) is 51.4 Å². The Bertz CT molecular complexity index is 2380. The fourth-order valence-electron chi connectivity index (χ4n) is 17.6. The lowest BCUT2D eigenvalue weighted by Gasteiger charge is -2.71. The van der Waals surface area contributed by atoms with Gasteiger partial charge in [0.2, 0.25) is 6.29 Å². The van der Waals surface area contributed by atoms with Crippen molar-refractivity contribution < 1.29 is 134 Å². The van der Waals surface area contributed by atoms with Crippen LogP contribution < -0.4 is 0 Å². The smallest absolute Gasteiger partial charge is 0.315 e. The molecule has 0 amide bonds. The second-order valence-corrected chi connectivity index (χ2v) is 28.7. The molecule has 5 heterocycles. The van der Waals surface area contributed by atoms with E-state index in [1.54, 1.807) is 0 Å². The highest BCUT2D eigenvalue weighted by molar-refractivity contribution is 5.79. The van der Waals surface area contributed by atoms with Crippen LogP contribution in [0.5, 0.6) is 0 Å². The lowest BCUT2D eigenvalue weighted by atomic mass is 9.33. The highest BCUT2D eigenvalue weighted by Crippen LogP contribution is 2.76. The summed E-state index contributed by atoms with van der Waals surface area (Å²) in [5, 5.41) is 171. The van der Waals surface area contributed by atoms with E-state index in [-0.39, 0.29) is 39.4 Å². The molecule has 5 saturated heterocycles. The summed E-state index contributed by atoms with van der Waals surface area (Å²) in [5.41, 5.74) is -1.54. The van der Waals surface area contributed by atoms with Gasteiger partial charge in [0.05, 0.1) is 44.6 Å². The molecule has 0 aromatic carbocycles. The molecule has 0 spiro atoms. The Hall–Kier alpha value is -1.79. The quantitative estimate of drug-likeness (QED) is 0.0454. The van der Waals surface area contributed by atoms with Gasteiger partial charge in [-0.05, 0) is 109 Å². The molecule has 10 aliphatic rings. The molecule has 494 valence electrons. The molecule has 0 radical (unpaired) electrons. The van der Waals surface area contributed by atoms with Gasteiger partial charge < -0.3 is 129 Å². The maximum atomic E-state index is 15.2. The lowest BCUT2D eigenvalue weighted by Crippen LogP contribution is -2.67. The van der Waals surface area contributed by atoms with Crippen LogP contribution in [0.15, 0.2) is 11.6 Å². The fraction of sp³-hybridized carbons (Fsp3) is 0.949. The van der Waals surface area contributed by atoms with Crippen molar-refractivity contribution in [2.45, 2.75) is 266 Å². The predicted molar refractivity (Wildman–Crippen MR) is 289 cm³/mol. The molecule has 9 fully saturated rings. The Labute approximate surface area is 499 Å². The van der Waals surface area contributed by atoms with E-state index in [1.807, 2.05) is 0 Å². The largest absolute Gasteiger partial charge is 0.432 e. The molecule has 0 bridgehead atoms. The molecule has 86 heavy (non-hydrogen) atoms. The van der Waals surface area contributed by atoms with Gasteiger partial charge in [0, 0.05) is 0 Å². The Kier molecular flexibility index (Phi) is 19.4. The second-order valence-electron chi connectivity index (χ2n) is 28.7. The van der Waals surface area contributed by atoms with Crippen molar-refractivity contribution in [2.24, 2.45) is 50.2 Å². The average Bonchev–Trinajstić information content (AvgIpc) is 0.685. The van der Waals surface area contributed by atoms with Crippen LogP contribution in [0.2, 0.25) is 0 Å². The van der Waals surface area contributed by atoms with Crippen LogP contribution >= 0.6 is 0 Å². The van der Waals surface area contributed by atoms with Gasteiger partial charge in [-0.3, -0.25) is 4.79 Å². The lowest BCUT2D eigenvalue weighted by molar-refractivity contribution is -0.389. The van der Waals surface area contributed by atoms with Gasteiger partial charge in [-0.15, -0.1) is 0 Å². The van der Waals surface area contributed by atoms with E-state index < -0.39 is 203 Å². The van der Waals surface area contributed by atoms with Gasteiger partial charge in [0.25, 0.3) is 0 Å². The molecule has 5 aliphatic carbocycles. The van der Waals surface area contributed by atoms with Crippen molar-refractivity contribution in [3.05, 3.63) is 11.6 Å². The fourth-order valence-corrected chi connectivity index (χ4v) is 17.6. The van der Waals surface area contributed by atoms with Crippen LogP contribution in [0.4, 0.5) is 0 Å². The minimum absolute atomic E-state index is 0.0547. The van der Waals surface area contributed by atoms with Gasteiger partial charge in [0.15, 0.2) is 25.2 Å². The summed E-state index contributed by atoms with van der Waals surface area (Å²) in [6, 6.07) is 0. The first kappa shape index (κ1) is 67.1. The van der Waals surface area contributed by atoms with Gasteiger partial charge in [-0.1, -0.05) is 60.1 Å². The van der Waals surface area contributed by atoms with Crippen molar-refractivity contribution in [1.82, 2.24) is 0 Å². The molecule has 5 aliphatic heterocycles. The maximum absolute atomic E-state index is 15.2. The summed E-state index contributed by atoms with van der Waals surface area (Å²) < 4.78 is 60.3. The Morgan fingerprint density at radius 3 is 1.59 bits per heavy atom. The molecule has 4 saturated carbocycles. The zero-order valence-corrected chi connectivity index (χ0v) is 50.0. The summed E-state index contributed by atoms with van der Waals surface area (Å²) in [7, 11) is 0. The number of carbonyl (C=O) groups excluding carboxylic acids is 1.